The molecule has 0 aliphatic rings. The van der Waals surface area contributed by atoms with E-state index in [1.54, 1.807) is 0 Å². The highest BCUT2D eigenvalue weighted by molar-refractivity contribution is 5.99. The average Bonchev–Trinajstić information content (AvgIpc) is 2.92. The van der Waals surface area contributed by atoms with Gasteiger partial charge in [-0.05, 0) is 19.3 Å². The number of carbonyl (C=O) groups is 3. The van der Waals surface area contributed by atoms with E-state index in [0.717, 1.165) is 63.9 Å². The first-order valence-electron chi connectivity index (χ1n) is 16.2. The Morgan fingerprint density at radius 2 is 0.821 bits per heavy atom. The maximum absolute atomic E-state index is 12.7. The Morgan fingerprint density at radius 3 is 1.26 bits per heavy atom. The van der Waals surface area contributed by atoms with Crippen LogP contribution in [-0.4, -0.2) is 37.7 Å². The summed E-state index contributed by atoms with van der Waals surface area (Å²) >= 11 is 0. The van der Waals surface area contributed by atoms with E-state index in [9.17, 15) is 14.4 Å². The van der Waals surface area contributed by atoms with Crippen molar-refractivity contribution in [2.45, 2.75) is 162 Å². The molecule has 0 radical (unpaired) electrons. The molecule has 6 nitrogen and oxygen atoms in total. The highest BCUT2D eigenvalue weighted by atomic mass is 16.5. The number of esters is 3. The van der Waals surface area contributed by atoms with Crippen molar-refractivity contribution in [2.24, 2.45) is 0 Å². The molecule has 0 aromatic heterocycles. The lowest BCUT2D eigenvalue weighted by atomic mass is 10.1. The van der Waals surface area contributed by atoms with Crippen LogP contribution in [0.3, 0.4) is 0 Å². The minimum absolute atomic E-state index is 0.00655. The summed E-state index contributed by atoms with van der Waals surface area (Å²) in [5.41, 5.74) is 0.00655. The number of ether oxygens (including phenoxy) is 3. The molecule has 39 heavy (non-hydrogen) atoms. The van der Waals surface area contributed by atoms with E-state index in [2.05, 4.69) is 20.8 Å². The summed E-state index contributed by atoms with van der Waals surface area (Å²) in [5, 5.41) is 0. The van der Waals surface area contributed by atoms with Gasteiger partial charge in [0, 0.05) is 6.08 Å². The number of hydrogen-bond acceptors (Lipinski definition) is 6. The molecule has 0 aromatic rings. The molecule has 0 spiro atoms. The van der Waals surface area contributed by atoms with Gasteiger partial charge in [-0.25, -0.2) is 9.59 Å². The summed E-state index contributed by atoms with van der Waals surface area (Å²) in [5.74, 6) is -1.76. The molecule has 228 valence electrons. The SMILES string of the molecule is CCCCCCCCCOC(=O)/C=C(/CC(=O)OCCCCCCCCC)C(=O)OCCCCCCCCC. The van der Waals surface area contributed by atoms with Gasteiger partial charge in [-0.15, -0.1) is 0 Å². The van der Waals surface area contributed by atoms with Crippen LogP contribution in [0.2, 0.25) is 0 Å². The van der Waals surface area contributed by atoms with Gasteiger partial charge in [0.15, 0.2) is 0 Å². The van der Waals surface area contributed by atoms with Gasteiger partial charge in [0.1, 0.15) is 0 Å². The summed E-state index contributed by atoms with van der Waals surface area (Å²) in [6.45, 7) is 7.51. The van der Waals surface area contributed by atoms with Gasteiger partial charge in [-0.1, -0.05) is 136 Å². The fourth-order valence-corrected chi connectivity index (χ4v) is 4.37. The average molecular weight is 553 g/mol. The lowest BCUT2D eigenvalue weighted by Crippen LogP contribution is -2.17. The van der Waals surface area contributed by atoms with Crippen molar-refractivity contribution in [2.75, 3.05) is 19.8 Å². The van der Waals surface area contributed by atoms with E-state index >= 15 is 0 Å². The summed E-state index contributed by atoms with van der Waals surface area (Å²) in [6.07, 6.45) is 24.4. The first kappa shape index (κ1) is 37.1. The van der Waals surface area contributed by atoms with E-state index in [1.165, 1.54) is 77.0 Å². The van der Waals surface area contributed by atoms with E-state index in [4.69, 9.17) is 14.2 Å². The first-order chi connectivity index (χ1) is 19.0. The third kappa shape index (κ3) is 26.2. The summed E-state index contributed by atoms with van der Waals surface area (Å²) < 4.78 is 16.0. The molecule has 0 aliphatic carbocycles. The second-order valence-electron chi connectivity index (χ2n) is 10.7. The van der Waals surface area contributed by atoms with Crippen LogP contribution in [-0.2, 0) is 28.6 Å². The molecule has 6 heteroatoms. The van der Waals surface area contributed by atoms with Crippen LogP contribution in [0.5, 0.6) is 0 Å². The Bertz CT molecular complexity index is 628. The lowest BCUT2D eigenvalue weighted by Gasteiger charge is -2.10. The Labute approximate surface area is 240 Å². The van der Waals surface area contributed by atoms with E-state index in [-0.39, 0.29) is 18.6 Å². The fraction of sp³-hybridized carbons (Fsp3) is 0.848. The van der Waals surface area contributed by atoms with Crippen LogP contribution >= 0.6 is 0 Å². The molecule has 0 unspecified atom stereocenters. The molecular weight excluding hydrogens is 492 g/mol. The predicted octanol–water partition coefficient (Wildman–Crippen LogP) is 9.18. The van der Waals surface area contributed by atoms with Gasteiger partial charge in [-0.2, -0.15) is 0 Å². The summed E-state index contributed by atoms with van der Waals surface area (Å²) in [4.78, 5) is 37.4. The van der Waals surface area contributed by atoms with Gasteiger partial charge < -0.3 is 14.2 Å². The quantitative estimate of drug-likeness (QED) is 0.0416. The second-order valence-corrected chi connectivity index (χ2v) is 10.7. The van der Waals surface area contributed by atoms with Gasteiger partial charge >= 0.3 is 17.9 Å². The van der Waals surface area contributed by atoms with Gasteiger partial charge in [0.25, 0.3) is 0 Å². The Kier molecular flexibility index (Phi) is 27.8. The van der Waals surface area contributed by atoms with Crippen molar-refractivity contribution in [3.05, 3.63) is 11.6 Å². The number of unbranched alkanes of at least 4 members (excludes halogenated alkanes) is 18. The third-order valence-electron chi connectivity index (χ3n) is 6.87. The lowest BCUT2D eigenvalue weighted by molar-refractivity contribution is -0.146. The molecule has 0 saturated carbocycles. The first-order valence-corrected chi connectivity index (χ1v) is 16.2. The predicted molar refractivity (Wildman–Crippen MR) is 160 cm³/mol. The molecule has 0 saturated heterocycles. The highest BCUT2D eigenvalue weighted by Gasteiger charge is 2.19. The van der Waals surface area contributed by atoms with Crippen molar-refractivity contribution in [1.82, 2.24) is 0 Å². The largest absolute Gasteiger partial charge is 0.465 e. The van der Waals surface area contributed by atoms with E-state index < -0.39 is 17.9 Å². The van der Waals surface area contributed by atoms with E-state index in [1.807, 2.05) is 0 Å². The molecule has 0 heterocycles. The van der Waals surface area contributed by atoms with Crippen molar-refractivity contribution in [3.63, 3.8) is 0 Å². The van der Waals surface area contributed by atoms with Gasteiger partial charge in [0.2, 0.25) is 0 Å². The number of rotatable bonds is 28. The molecule has 0 atom stereocenters. The fourth-order valence-electron chi connectivity index (χ4n) is 4.37. The Balaban J connectivity index is 4.54. The van der Waals surface area contributed by atoms with Crippen molar-refractivity contribution in [3.8, 4) is 0 Å². The normalized spacial score (nSPS) is 11.4. The van der Waals surface area contributed by atoms with Crippen molar-refractivity contribution >= 4 is 17.9 Å². The van der Waals surface area contributed by atoms with Crippen LogP contribution in [0.1, 0.15) is 162 Å². The highest BCUT2D eigenvalue weighted by Crippen LogP contribution is 2.12. The van der Waals surface area contributed by atoms with Gasteiger partial charge in [-0.3, -0.25) is 4.79 Å². The number of hydrogen-bond donors (Lipinski definition) is 0. The monoisotopic (exact) mass is 552 g/mol. The molecule has 0 bridgehead atoms. The third-order valence-corrected chi connectivity index (χ3v) is 6.87. The maximum Gasteiger partial charge on any atom is 0.334 e. The molecule has 0 N–H and O–H groups in total. The summed E-state index contributed by atoms with van der Waals surface area (Å²) in [6, 6.07) is 0. The zero-order valence-electron chi connectivity index (χ0n) is 25.7. The topological polar surface area (TPSA) is 78.9 Å². The maximum atomic E-state index is 12.7. The Hall–Kier alpha value is -1.85. The van der Waals surface area contributed by atoms with Crippen LogP contribution < -0.4 is 0 Å². The van der Waals surface area contributed by atoms with Crippen molar-refractivity contribution in [1.29, 1.82) is 0 Å². The Morgan fingerprint density at radius 1 is 0.462 bits per heavy atom. The minimum atomic E-state index is -0.637. The van der Waals surface area contributed by atoms with Crippen molar-refractivity contribution < 1.29 is 28.6 Å². The molecule has 0 rings (SSSR count). The van der Waals surface area contributed by atoms with Gasteiger partial charge in [0.05, 0.1) is 31.8 Å². The molecule has 0 aromatic carbocycles. The zero-order valence-corrected chi connectivity index (χ0v) is 25.7. The molecular formula is C33H60O6. The standard InChI is InChI=1S/C33H60O6/c1-4-7-10-13-16-19-22-25-37-31(34)28-30(33(36)39-27-24-21-18-15-12-9-6-3)29-32(35)38-26-23-20-17-14-11-8-5-2/h28H,4-27,29H2,1-3H3/b30-28-. The minimum Gasteiger partial charge on any atom is -0.465 e. The van der Waals surface area contributed by atoms with E-state index in [0.29, 0.717) is 13.2 Å². The van der Waals surface area contributed by atoms with Crippen LogP contribution in [0.15, 0.2) is 11.6 Å². The zero-order chi connectivity index (χ0) is 28.8. The van der Waals surface area contributed by atoms with Crippen LogP contribution in [0, 0.1) is 0 Å². The number of carbonyl (C=O) groups excluding carboxylic acids is 3. The second kappa shape index (κ2) is 29.1. The molecule has 0 fully saturated rings. The molecule has 0 amide bonds. The summed E-state index contributed by atoms with van der Waals surface area (Å²) in [7, 11) is 0. The van der Waals surface area contributed by atoms with Crippen LogP contribution in [0.4, 0.5) is 0 Å². The van der Waals surface area contributed by atoms with Crippen LogP contribution in [0.25, 0.3) is 0 Å². The molecule has 0 aliphatic heterocycles. The smallest absolute Gasteiger partial charge is 0.334 e.